The minimum absolute atomic E-state index is 0.108. The molecule has 6 heteroatoms. The number of aldehydes is 1. The Bertz CT molecular complexity index is 313. The van der Waals surface area contributed by atoms with E-state index in [0.717, 1.165) is 6.29 Å². The van der Waals surface area contributed by atoms with Crippen LogP contribution < -0.4 is 0 Å². The number of ether oxygens (including phenoxy) is 3. The molecule has 0 aliphatic carbocycles. The standard InChI is InChI=1S/C13H23NO5/c1-13(2,3)19-12(16)14-6-5-10(8-15)11(7-14)18-9-17-4/h8,10-11H,5-7,9H2,1-4H3/t10-,11-/m0/s1. The van der Waals surface area contributed by atoms with Crippen molar-refractivity contribution >= 4 is 12.4 Å². The third-order valence-electron chi connectivity index (χ3n) is 2.84. The van der Waals surface area contributed by atoms with E-state index < -0.39 is 5.60 Å². The molecule has 0 N–H and O–H groups in total. The summed E-state index contributed by atoms with van der Waals surface area (Å²) in [5, 5.41) is 0. The lowest BCUT2D eigenvalue weighted by Crippen LogP contribution is -2.49. The smallest absolute Gasteiger partial charge is 0.410 e. The highest BCUT2D eigenvalue weighted by Gasteiger charge is 2.33. The first-order valence-corrected chi connectivity index (χ1v) is 6.41. The summed E-state index contributed by atoms with van der Waals surface area (Å²) in [5.74, 6) is -0.200. The van der Waals surface area contributed by atoms with Crippen LogP contribution in [0.1, 0.15) is 27.2 Å². The average Bonchev–Trinajstić information content (AvgIpc) is 2.33. The van der Waals surface area contributed by atoms with Crippen LogP contribution in [0.5, 0.6) is 0 Å². The number of rotatable bonds is 4. The summed E-state index contributed by atoms with van der Waals surface area (Å²) in [6.07, 6.45) is 0.755. The highest BCUT2D eigenvalue weighted by Crippen LogP contribution is 2.21. The molecule has 2 atom stereocenters. The number of hydrogen-bond acceptors (Lipinski definition) is 5. The van der Waals surface area contributed by atoms with E-state index in [4.69, 9.17) is 14.2 Å². The van der Waals surface area contributed by atoms with Gasteiger partial charge in [-0.15, -0.1) is 0 Å². The van der Waals surface area contributed by atoms with Gasteiger partial charge in [0.2, 0.25) is 0 Å². The van der Waals surface area contributed by atoms with Crippen molar-refractivity contribution in [2.45, 2.75) is 38.9 Å². The zero-order valence-electron chi connectivity index (χ0n) is 12.0. The second kappa shape index (κ2) is 6.86. The van der Waals surface area contributed by atoms with Gasteiger partial charge in [0.1, 0.15) is 18.7 Å². The molecular weight excluding hydrogens is 250 g/mol. The maximum Gasteiger partial charge on any atom is 0.410 e. The molecule has 1 saturated heterocycles. The van der Waals surface area contributed by atoms with Gasteiger partial charge in [-0.05, 0) is 27.2 Å². The van der Waals surface area contributed by atoms with Gasteiger partial charge >= 0.3 is 6.09 Å². The number of methoxy groups -OCH3 is 1. The lowest BCUT2D eigenvalue weighted by atomic mass is 9.95. The molecule has 0 spiro atoms. The van der Waals surface area contributed by atoms with Gasteiger partial charge in [-0.3, -0.25) is 0 Å². The Kier molecular flexibility index (Phi) is 5.75. The fourth-order valence-electron chi connectivity index (χ4n) is 1.91. The van der Waals surface area contributed by atoms with E-state index in [-0.39, 0.29) is 24.9 Å². The Morgan fingerprint density at radius 1 is 1.42 bits per heavy atom. The van der Waals surface area contributed by atoms with Crippen LogP contribution in [0.4, 0.5) is 4.79 Å². The van der Waals surface area contributed by atoms with E-state index in [1.807, 2.05) is 20.8 Å². The van der Waals surface area contributed by atoms with Gasteiger partial charge in [-0.25, -0.2) is 4.79 Å². The van der Waals surface area contributed by atoms with Crippen molar-refractivity contribution in [1.29, 1.82) is 0 Å². The van der Waals surface area contributed by atoms with Gasteiger partial charge in [-0.1, -0.05) is 0 Å². The zero-order chi connectivity index (χ0) is 14.5. The lowest BCUT2D eigenvalue weighted by molar-refractivity contribution is -0.132. The SMILES string of the molecule is COCO[C@H]1CN(C(=O)OC(C)(C)C)CC[C@H]1C=O. The number of amides is 1. The third-order valence-corrected chi connectivity index (χ3v) is 2.84. The van der Waals surface area contributed by atoms with Crippen molar-refractivity contribution in [1.82, 2.24) is 4.90 Å². The van der Waals surface area contributed by atoms with Crippen LogP contribution in [0.2, 0.25) is 0 Å². The second-order valence-electron chi connectivity index (χ2n) is 5.63. The number of piperidine rings is 1. The molecule has 110 valence electrons. The van der Waals surface area contributed by atoms with Crippen molar-refractivity contribution in [3.63, 3.8) is 0 Å². The highest BCUT2D eigenvalue weighted by molar-refractivity contribution is 5.68. The fourth-order valence-corrected chi connectivity index (χ4v) is 1.91. The molecule has 0 aromatic rings. The topological polar surface area (TPSA) is 65.1 Å². The molecule has 0 bridgehead atoms. The first-order chi connectivity index (χ1) is 8.87. The predicted octanol–water partition coefficient (Wildman–Crippen LogP) is 1.43. The Morgan fingerprint density at radius 3 is 2.63 bits per heavy atom. The quantitative estimate of drug-likeness (QED) is 0.572. The Labute approximate surface area is 114 Å². The highest BCUT2D eigenvalue weighted by atomic mass is 16.7. The van der Waals surface area contributed by atoms with Gasteiger partial charge in [0.25, 0.3) is 0 Å². The van der Waals surface area contributed by atoms with E-state index >= 15 is 0 Å². The van der Waals surface area contributed by atoms with E-state index in [9.17, 15) is 9.59 Å². The van der Waals surface area contributed by atoms with Gasteiger partial charge in [0.15, 0.2) is 0 Å². The Balaban J connectivity index is 2.58. The molecule has 19 heavy (non-hydrogen) atoms. The Hall–Kier alpha value is -1.14. The van der Waals surface area contributed by atoms with Crippen LogP contribution in [-0.2, 0) is 19.0 Å². The first-order valence-electron chi connectivity index (χ1n) is 6.41. The third kappa shape index (κ3) is 5.16. The molecule has 0 aromatic heterocycles. The van der Waals surface area contributed by atoms with Gasteiger partial charge in [0.05, 0.1) is 12.6 Å². The number of nitrogens with zero attached hydrogens (tertiary/aromatic N) is 1. The zero-order valence-corrected chi connectivity index (χ0v) is 12.0. The van der Waals surface area contributed by atoms with Crippen LogP contribution in [0.3, 0.4) is 0 Å². The fraction of sp³-hybridized carbons (Fsp3) is 0.846. The van der Waals surface area contributed by atoms with E-state index in [0.29, 0.717) is 19.5 Å². The van der Waals surface area contributed by atoms with Crippen molar-refractivity contribution < 1.29 is 23.8 Å². The summed E-state index contributed by atoms with van der Waals surface area (Å²) >= 11 is 0. The molecule has 0 radical (unpaired) electrons. The van der Waals surface area contributed by atoms with Crippen molar-refractivity contribution in [3.8, 4) is 0 Å². The minimum Gasteiger partial charge on any atom is -0.444 e. The molecule has 1 heterocycles. The predicted molar refractivity (Wildman–Crippen MR) is 68.7 cm³/mol. The number of carbonyl (C=O) groups is 2. The first kappa shape index (κ1) is 15.9. The molecule has 1 fully saturated rings. The minimum atomic E-state index is -0.526. The normalized spacial score (nSPS) is 24.1. The van der Waals surface area contributed by atoms with Gasteiger partial charge < -0.3 is 23.9 Å². The summed E-state index contributed by atoms with van der Waals surface area (Å²) in [4.78, 5) is 24.5. The summed E-state index contributed by atoms with van der Waals surface area (Å²) in [7, 11) is 1.52. The monoisotopic (exact) mass is 273 g/mol. The largest absolute Gasteiger partial charge is 0.444 e. The molecular formula is C13H23NO5. The number of hydrogen-bond donors (Lipinski definition) is 0. The summed E-state index contributed by atoms with van der Waals surface area (Å²) in [5.41, 5.74) is -0.526. The maximum atomic E-state index is 12.0. The molecule has 1 aliphatic heterocycles. The Morgan fingerprint density at radius 2 is 2.11 bits per heavy atom. The molecule has 1 rings (SSSR count). The van der Waals surface area contributed by atoms with Gasteiger partial charge in [-0.2, -0.15) is 0 Å². The van der Waals surface area contributed by atoms with Crippen molar-refractivity contribution in [3.05, 3.63) is 0 Å². The van der Waals surface area contributed by atoms with Crippen molar-refractivity contribution in [2.24, 2.45) is 5.92 Å². The molecule has 0 saturated carbocycles. The second-order valence-corrected chi connectivity index (χ2v) is 5.63. The van der Waals surface area contributed by atoms with Crippen LogP contribution in [0.15, 0.2) is 0 Å². The van der Waals surface area contributed by atoms with Crippen LogP contribution in [0, 0.1) is 5.92 Å². The summed E-state index contributed by atoms with van der Waals surface area (Å²) < 4.78 is 15.6. The molecule has 1 aliphatic rings. The van der Waals surface area contributed by atoms with E-state index in [1.165, 1.54) is 7.11 Å². The maximum absolute atomic E-state index is 12.0. The van der Waals surface area contributed by atoms with E-state index in [2.05, 4.69) is 0 Å². The van der Waals surface area contributed by atoms with Crippen LogP contribution >= 0.6 is 0 Å². The molecule has 0 aromatic carbocycles. The lowest BCUT2D eigenvalue weighted by Gasteiger charge is -2.36. The molecule has 1 amide bonds. The molecule has 6 nitrogen and oxygen atoms in total. The van der Waals surface area contributed by atoms with Crippen molar-refractivity contribution in [2.75, 3.05) is 27.0 Å². The number of likely N-dealkylation sites (tertiary alicyclic amines) is 1. The molecule has 0 unspecified atom stereocenters. The van der Waals surface area contributed by atoms with Crippen LogP contribution in [-0.4, -0.2) is 56.0 Å². The summed E-state index contributed by atoms with van der Waals surface area (Å²) in [6, 6.07) is 0. The number of carbonyl (C=O) groups excluding carboxylic acids is 2. The van der Waals surface area contributed by atoms with Crippen LogP contribution in [0.25, 0.3) is 0 Å². The summed E-state index contributed by atoms with van der Waals surface area (Å²) in [6.45, 7) is 6.43. The average molecular weight is 273 g/mol. The van der Waals surface area contributed by atoms with Gasteiger partial charge in [0, 0.05) is 19.6 Å². The van der Waals surface area contributed by atoms with E-state index in [1.54, 1.807) is 4.90 Å².